The van der Waals surface area contributed by atoms with E-state index in [1.165, 1.54) is 0 Å². The molecule has 1 saturated carbocycles. The van der Waals surface area contributed by atoms with Crippen LogP contribution in [0.2, 0.25) is 0 Å². The summed E-state index contributed by atoms with van der Waals surface area (Å²) in [5.41, 5.74) is 0. The van der Waals surface area contributed by atoms with Crippen LogP contribution in [0.15, 0.2) is 27.3 Å². The van der Waals surface area contributed by atoms with Crippen LogP contribution < -0.4 is 0 Å². The highest BCUT2D eigenvalue weighted by molar-refractivity contribution is 5.76. The summed E-state index contributed by atoms with van der Waals surface area (Å²) in [7, 11) is 0. The molecule has 2 N–H and O–H groups in total. The Morgan fingerprint density at radius 2 is 1.96 bits per heavy atom. The number of aromatic nitrogens is 2. The molecule has 8 heteroatoms. The highest BCUT2D eigenvalue weighted by atomic mass is 16.5. The van der Waals surface area contributed by atoms with Gasteiger partial charge < -0.3 is 24.1 Å². The van der Waals surface area contributed by atoms with Gasteiger partial charge in [-0.15, -0.1) is 0 Å². The lowest BCUT2D eigenvalue weighted by Gasteiger charge is -2.31. The molecule has 0 radical (unpaired) electrons. The lowest BCUT2D eigenvalue weighted by atomic mass is 9.79. The van der Waals surface area contributed by atoms with Gasteiger partial charge in [-0.3, -0.25) is 4.79 Å². The molecule has 2 aromatic heterocycles. The van der Waals surface area contributed by atoms with Crippen molar-refractivity contribution in [2.45, 2.75) is 44.3 Å². The van der Waals surface area contributed by atoms with Crippen molar-refractivity contribution in [3.63, 3.8) is 0 Å². The molecule has 2 aliphatic rings. The van der Waals surface area contributed by atoms with E-state index in [0.717, 1.165) is 0 Å². The zero-order valence-corrected chi connectivity index (χ0v) is 14.5. The molecule has 4 atom stereocenters. The van der Waals surface area contributed by atoms with Crippen LogP contribution >= 0.6 is 0 Å². The lowest BCUT2D eigenvalue weighted by molar-refractivity contribution is -0.130. The average Bonchev–Trinajstić information content (AvgIpc) is 3.35. The van der Waals surface area contributed by atoms with Crippen molar-refractivity contribution < 1.29 is 23.9 Å². The third kappa shape index (κ3) is 3.52. The number of carbonyl (C=O) groups is 1. The van der Waals surface area contributed by atoms with Crippen molar-refractivity contribution in [1.82, 2.24) is 15.0 Å². The molecule has 1 aliphatic heterocycles. The van der Waals surface area contributed by atoms with Gasteiger partial charge in [-0.05, 0) is 43.2 Å². The van der Waals surface area contributed by atoms with Gasteiger partial charge in [0.15, 0.2) is 5.76 Å². The molecule has 26 heavy (non-hydrogen) atoms. The standard InChI is InChI=1S/C18H23N3O5/c22-13-7-11-9-21(10-12(11)8-14(13)23)17(24)5-1-4-16-19-18(20-26-16)15-3-2-6-25-15/h2-3,6,11-14,22-23H,1,4-5,7-10H2/t11-,12+,13-,14-/m0/s1. The number of rotatable bonds is 5. The monoisotopic (exact) mass is 361 g/mol. The number of amides is 1. The number of carbonyl (C=O) groups excluding carboxylic acids is 1. The summed E-state index contributed by atoms with van der Waals surface area (Å²) >= 11 is 0. The Morgan fingerprint density at radius 1 is 1.23 bits per heavy atom. The van der Waals surface area contributed by atoms with Crippen molar-refractivity contribution in [1.29, 1.82) is 0 Å². The predicted octanol–water partition coefficient (Wildman–Crippen LogP) is 1.24. The van der Waals surface area contributed by atoms with Crippen LogP contribution in [-0.2, 0) is 11.2 Å². The smallest absolute Gasteiger partial charge is 0.238 e. The van der Waals surface area contributed by atoms with Gasteiger partial charge in [-0.1, -0.05) is 5.16 Å². The van der Waals surface area contributed by atoms with Crippen LogP contribution in [0, 0.1) is 11.8 Å². The molecule has 1 aliphatic carbocycles. The Labute approximate surface area is 150 Å². The third-order valence-electron chi connectivity index (χ3n) is 5.45. The van der Waals surface area contributed by atoms with Crippen LogP contribution in [0.1, 0.15) is 31.6 Å². The fraction of sp³-hybridized carbons (Fsp3) is 0.611. The second-order valence-corrected chi connectivity index (χ2v) is 7.27. The van der Waals surface area contributed by atoms with Crippen molar-refractivity contribution in [3.8, 4) is 11.6 Å². The fourth-order valence-electron chi connectivity index (χ4n) is 4.02. The van der Waals surface area contributed by atoms with Crippen molar-refractivity contribution in [3.05, 3.63) is 24.3 Å². The van der Waals surface area contributed by atoms with E-state index in [1.54, 1.807) is 18.4 Å². The first kappa shape index (κ1) is 17.2. The Bertz CT molecular complexity index is 726. The highest BCUT2D eigenvalue weighted by Gasteiger charge is 2.42. The van der Waals surface area contributed by atoms with Crippen LogP contribution in [0.3, 0.4) is 0 Å². The van der Waals surface area contributed by atoms with Gasteiger partial charge in [0.1, 0.15) is 0 Å². The number of hydrogen-bond donors (Lipinski definition) is 2. The van der Waals surface area contributed by atoms with Gasteiger partial charge in [0.25, 0.3) is 0 Å². The summed E-state index contributed by atoms with van der Waals surface area (Å²) in [5, 5.41) is 23.5. The maximum Gasteiger partial charge on any atom is 0.238 e. The molecule has 2 aromatic rings. The summed E-state index contributed by atoms with van der Waals surface area (Å²) in [6.45, 7) is 1.35. The minimum atomic E-state index is -0.660. The Balaban J connectivity index is 1.25. The summed E-state index contributed by atoms with van der Waals surface area (Å²) in [5.74, 6) is 2.16. The first-order valence-electron chi connectivity index (χ1n) is 9.10. The number of likely N-dealkylation sites (tertiary alicyclic amines) is 1. The van der Waals surface area contributed by atoms with Gasteiger partial charge in [0, 0.05) is 25.9 Å². The van der Waals surface area contributed by atoms with E-state index in [1.807, 2.05) is 4.90 Å². The van der Waals surface area contributed by atoms with E-state index in [4.69, 9.17) is 8.94 Å². The second-order valence-electron chi connectivity index (χ2n) is 7.27. The molecule has 1 saturated heterocycles. The normalized spacial score (nSPS) is 28.3. The van der Waals surface area contributed by atoms with Gasteiger partial charge in [0.2, 0.25) is 17.6 Å². The van der Waals surface area contributed by atoms with E-state index in [-0.39, 0.29) is 5.91 Å². The Kier molecular flexibility index (Phi) is 4.78. The molecule has 140 valence electrons. The lowest BCUT2D eigenvalue weighted by Crippen LogP contribution is -2.38. The highest BCUT2D eigenvalue weighted by Crippen LogP contribution is 2.36. The number of nitrogens with zero attached hydrogens (tertiary/aromatic N) is 3. The fourth-order valence-corrected chi connectivity index (χ4v) is 4.02. The van der Waals surface area contributed by atoms with Crippen molar-refractivity contribution >= 4 is 5.91 Å². The number of aliphatic hydroxyl groups excluding tert-OH is 2. The summed E-state index contributed by atoms with van der Waals surface area (Å²) in [6.07, 6.45) is 2.98. The molecule has 0 aromatic carbocycles. The number of fused-ring (bicyclic) bond motifs is 1. The summed E-state index contributed by atoms with van der Waals surface area (Å²) in [4.78, 5) is 18.6. The number of hydrogen-bond acceptors (Lipinski definition) is 7. The predicted molar refractivity (Wildman–Crippen MR) is 89.7 cm³/mol. The van der Waals surface area contributed by atoms with Gasteiger partial charge in [-0.2, -0.15) is 4.98 Å². The second kappa shape index (κ2) is 7.20. The Morgan fingerprint density at radius 3 is 2.62 bits per heavy atom. The molecule has 1 amide bonds. The van der Waals surface area contributed by atoms with E-state index in [9.17, 15) is 15.0 Å². The first-order chi connectivity index (χ1) is 12.6. The van der Waals surface area contributed by atoms with E-state index in [0.29, 0.717) is 74.5 Å². The van der Waals surface area contributed by atoms with Gasteiger partial charge in [0.05, 0.1) is 18.5 Å². The van der Waals surface area contributed by atoms with Crippen LogP contribution in [0.25, 0.3) is 11.6 Å². The molecule has 4 rings (SSSR count). The molecular weight excluding hydrogens is 338 g/mol. The topological polar surface area (TPSA) is 113 Å². The average molecular weight is 361 g/mol. The van der Waals surface area contributed by atoms with Crippen molar-refractivity contribution in [2.75, 3.05) is 13.1 Å². The van der Waals surface area contributed by atoms with Crippen LogP contribution in [-0.4, -0.2) is 56.5 Å². The minimum Gasteiger partial charge on any atom is -0.461 e. The quantitative estimate of drug-likeness (QED) is 0.824. The third-order valence-corrected chi connectivity index (χ3v) is 5.45. The zero-order valence-electron chi connectivity index (χ0n) is 14.5. The first-order valence-corrected chi connectivity index (χ1v) is 9.10. The molecule has 2 fully saturated rings. The minimum absolute atomic E-state index is 0.106. The zero-order chi connectivity index (χ0) is 18.1. The maximum atomic E-state index is 12.5. The maximum absolute atomic E-state index is 12.5. The number of aryl methyl sites for hydroxylation is 1. The SMILES string of the molecule is O=C(CCCc1nc(-c2ccco2)no1)N1C[C@H]2C[C@H](O)[C@@H](O)C[C@H]2C1. The van der Waals surface area contributed by atoms with Gasteiger partial charge in [-0.25, -0.2) is 0 Å². The summed E-state index contributed by atoms with van der Waals surface area (Å²) < 4.78 is 10.4. The molecule has 0 unspecified atom stereocenters. The van der Waals surface area contributed by atoms with E-state index < -0.39 is 12.2 Å². The van der Waals surface area contributed by atoms with Crippen molar-refractivity contribution in [2.24, 2.45) is 11.8 Å². The number of furan rings is 1. The molecule has 0 spiro atoms. The van der Waals surface area contributed by atoms with E-state index in [2.05, 4.69) is 10.1 Å². The molecular formula is C18H23N3O5. The van der Waals surface area contributed by atoms with Gasteiger partial charge >= 0.3 is 0 Å². The van der Waals surface area contributed by atoms with Crippen LogP contribution in [0.5, 0.6) is 0 Å². The largest absolute Gasteiger partial charge is 0.461 e. The Hall–Kier alpha value is -2.19. The molecule has 3 heterocycles. The molecule has 8 nitrogen and oxygen atoms in total. The summed E-state index contributed by atoms with van der Waals surface area (Å²) in [6, 6.07) is 3.52. The molecule has 0 bridgehead atoms. The van der Waals surface area contributed by atoms with E-state index >= 15 is 0 Å². The van der Waals surface area contributed by atoms with Crippen LogP contribution in [0.4, 0.5) is 0 Å². The number of aliphatic hydroxyl groups is 2.